The third-order valence-corrected chi connectivity index (χ3v) is 0.978. The van der Waals surface area contributed by atoms with Gasteiger partial charge in [0.1, 0.15) is 0 Å². The molecule has 2 heteroatoms. The molecule has 50 valence electrons. The first-order chi connectivity index (χ1) is 3.42. The summed E-state index contributed by atoms with van der Waals surface area (Å²) in [5, 5.41) is 8.84. The first-order valence-electron chi connectivity index (χ1n) is 2.82. The van der Waals surface area contributed by atoms with E-state index in [1.165, 1.54) is 0 Å². The van der Waals surface area contributed by atoms with Gasteiger partial charge < -0.3 is 5.11 Å². The highest BCUT2D eigenvalue weighted by molar-refractivity contribution is 7.81. The van der Waals surface area contributed by atoms with Crippen LogP contribution in [-0.4, -0.2) is 16.0 Å². The SMILES string of the molecule is C[C@H](O)CC(C)(C)S. The molecule has 0 aromatic carbocycles. The minimum absolute atomic E-state index is 0.0336. The summed E-state index contributed by atoms with van der Waals surface area (Å²) in [6.45, 7) is 5.75. The summed E-state index contributed by atoms with van der Waals surface area (Å²) in [6.07, 6.45) is 0.512. The van der Waals surface area contributed by atoms with Crippen molar-refractivity contribution in [3.8, 4) is 0 Å². The highest BCUT2D eigenvalue weighted by Crippen LogP contribution is 2.18. The van der Waals surface area contributed by atoms with Crippen LogP contribution in [0, 0.1) is 0 Å². The van der Waals surface area contributed by atoms with Crippen molar-refractivity contribution < 1.29 is 5.11 Å². The van der Waals surface area contributed by atoms with Crippen molar-refractivity contribution in [1.29, 1.82) is 0 Å². The van der Waals surface area contributed by atoms with Crippen LogP contribution in [0.15, 0.2) is 0 Å². The van der Waals surface area contributed by atoms with E-state index in [0.29, 0.717) is 0 Å². The van der Waals surface area contributed by atoms with Gasteiger partial charge in [0.2, 0.25) is 0 Å². The molecule has 0 unspecified atom stereocenters. The van der Waals surface area contributed by atoms with Crippen molar-refractivity contribution in [2.75, 3.05) is 0 Å². The Balaban J connectivity index is 3.39. The predicted octanol–water partition coefficient (Wildman–Crippen LogP) is 1.47. The van der Waals surface area contributed by atoms with E-state index < -0.39 is 0 Å². The van der Waals surface area contributed by atoms with Gasteiger partial charge in [-0.05, 0) is 13.3 Å². The monoisotopic (exact) mass is 134 g/mol. The Morgan fingerprint density at radius 3 is 2.00 bits per heavy atom. The second-order valence-corrected chi connectivity index (χ2v) is 4.08. The summed E-state index contributed by atoms with van der Waals surface area (Å²) >= 11 is 4.23. The predicted molar refractivity (Wildman–Crippen MR) is 39.4 cm³/mol. The molecule has 0 aliphatic carbocycles. The fourth-order valence-corrected chi connectivity index (χ4v) is 0.987. The summed E-state index contributed by atoms with van der Waals surface area (Å²) < 4.78 is -0.0336. The van der Waals surface area contributed by atoms with Crippen LogP contribution in [0.5, 0.6) is 0 Å². The van der Waals surface area contributed by atoms with Gasteiger partial charge in [0.05, 0.1) is 6.10 Å². The van der Waals surface area contributed by atoms with Gasteiger partial charge in [-0.2, -0.15) is 12.6 Å². The Labute approximate surface area is 56.5 Å². The van der Waals surface area contributed by atoms with Crippen molar-refractivity contribution in [1.82, 2.24) is 0 Å². The molecular formula is C6H14OS. The van der Waals surface area contributed by atoms with Gasteiger partial charge >= 0.3 is 0 Å². The van der Waals surface area contributed by atoms with Crippen LogP contribution in [0.2, 0.25) is 0 Å². The molecule has 0 bridgehead atoms. The Hall–Kier alpha value is 0.310. The molecule has 0 spiro atoms. The fourth-order valence-electron chi connectivity index (χ4n) is 0.723. The molecule has 0 heterocycles. The standard InChI is InChI=1S/C6H14OS/c1-5(7)4-6(2,3)8/h5,7-8H,4H2,1-3H3/t5-/m0/s1. The Bertz CT molecular complexity index is 63.4. The number of aliphatic hydroxyl groups excluding tert-OH is 1. The molecule has 0 rings (SSSR count). The van der Waals surface area contributed by atoms with Crippen molar-refractivity contribution >= 4 is 12.6 Å². The van der Waals surface area contributed by atoms with E-state index >= 15 is 0 Å². The Morgan fingerprint density at radius 2 is 2.00 bits per heavy atom. The second-order valence-electron chi connectivity index (χ2n) is 2.87. The molecule has 0 aromatic rings. The zero-order valence-electron chi connectivity index (χ0n) is 5.68. The van der Waals surface area contributed by atoms with E-state index in [0.717, 1.165) is 6.42 Å². The van der Waals surface area contributed by atoms with E-state index in [-0.39, 0.29) is 10.9 Å². The number of aliphatic hydroxyl groups is 1. The molecule has 1 nitrogen and oxygen atoms in total. The van der Waals surface area contributed by atoms with Gasteiger partial charge in [-0.1, -0.05) is 13.8 Å². The minimum Gasteiger partial charge on any atom is -0.393 e. The van der Waals surface area contributed by atoms with Crippen LogP contribution < -0.4 is 0 Å². The molecule has 1 atom stereocenters. The first-order valence-corrected chi connectivity index (χ1v) is 3.27. The van der Waals surface area contributed by atoms with Gasteiger partial charge in [0, 0.05) is 4.75 Å². The molecule has 0 aliphatic rings. The summed E-state index contributed by atoms with van der Waals surface area (Å²) in [6, 6.07) is 0. The zero-order valence-corrected chi connectivity index (χ0v) is 6.57. The van der Waals surface area contributed by atoms with E-state index in [1.54, 1.807) is 6.92 Å². The highest BCUT2D eigenvalue weighted by Gasteiger charge is 2.13. The molecule has 8 heavy (non-hydrogen) atoms. The molecule has 0 aliphatic heterocycles. The minimum atomic E-state index is -0.234. The third kappa shape index (κ3) is 6.31. The quantitative estimate of drug-likeness (QED) is 0.548. The highest BCUT2D eigenvalue weighted by atomic mass is 32.1. The van der Waals surface area contributed by atoms with Crippen LogP contribution in [0.25, 0.3) is 0 Å². The van der Waals surface area contributed by atoms with Gasteiger partial charge in [0.25, 0.3) is 0 Å². The van der Waals surface area contributed by atoms with E-state index in [1.807, 2.05) is 13.8 Å². The van der Waals surface area contributed by atoms with Gasteiger partial charge in [0.15, 0.2) is 0 Å². The molecular weight excluding hydrogens is 120 g/mol. The van der Waals surface area contributed by atoms with Gasteiger partial charge in [-0.25, -0.2) is 0 Å². The number of hydrogen-bond acceptors (Lipinski definition) is 2. The smallest absolute Gasteiger partial charge is 0.0525 e. The number of thiol groups is 1. The molecule has 0 fully saturated rings. The largest absolute Gasteiger partial charge is 0.393 e. The van der Waals surface area contributed by atoms with Crippen LogP contribution in [0.1, 0.15) is 27.2 Å². The lowest BCUT2D eigenvalue weighted by Crippen LogP contribution is -2.17. The normalized spacial score (nSPS) is 16.1. The summed E-state index contributed by atoms with van der Waals surface area (Å²) in [5.41, 5.74) is 0. The summed E-state index contributed by atoms with van der Waals surface area (Å²) in [5.74, 6) is 0. The maximum Gasteiger partial charge on any atom is 0.0525 e. The van der Waals surface area contributed by atoms with Gasteiger partial charge in [-0.15, -0.1) is 0 Å². The van der Waals surface area contributed by atoms with Crippen LogP contribution in [0.3, 0.4) is 0 Å². The fraction of sp³-hybridized carbons (Fsp3) is 1.00. The first kappa shape index (κ1) is 8.31. The summed E-state index contributed by atoms with van der Waals surface area (Å²) in [4.78, 5) is 0. The number of rotatable bonds is 2. The lowest BCUT2D eigenvalue weighted by Gasteiger charge is -2.18. The second kappa shape index (κ2) is 2.74. The van der Waals surface area contributed by atoms with Crippen molar-refractivity contribution in [2.45, 2.75) is 38.0 Å². The molecule has 0 saturated carbocycles. The van der Waals surface area contributed by atoms with Crippen molar-refractivity contribution in [3.05, 3.63) is 0 Å². The van der Waals surface area contributed by atoms with Gasteiger partial charge in [-0.3, -0.25) is 0 Å². The van der Waals surface area contributed by atoms with Crippen molar-refractivity contribution in [2.24, 2.45) is 0 Å². The molecule has 0 saturated heterocycles. The topological polar surface area (TPSA) is 20.2 Å². The zero-order chi connectivity index (χ0) is 6.78. The van der Waals surface area contributed by atoms with Crippen LogP contribution >= 0.6 is 12.6 Å². The maximum atomic E-state index is 8.84. The number of hydrogen-bond donors (Lipinski definition) is 2. The van der Waals surface area contributed by atoms with Crippen LogP contribution in [0.4, 0.5) is 0 Å². The van der Waals surface area contributed by atoms with E-state index in [2.05, 4.69) is 12.6 Å². The lowest BCUT2D eigenvalue weighted by molar-refractivity contribution is 0.174. The third-order valence-electron chi connectivity index (χ3n) is 0.795. The molecule has 1 N–H and O–H groups in total. The van der Waals surface area contributed by atoms with Crippen LogP contribution in [-0.2, 0) is 0 Å². The molecule has 0 radical (unpaired) electrons. The van der Waals surface area contributed by atoms with Crippen molar-refractivity contribution in [3.63, 3.8) is 0 Å². The Kier molecular flexibility index (Phi) is 2.84. The Morgan fingerprint density at radius 1 is 1.62 bits per heavy atom. The average molecular weight is 134 g/mol. The molecule has 0 aromatic heterocycles. The average Bonchev–Trinajstić information content (AvgIpc) is 1.21. The lowest BCUT2D eigenvalue weighted by atomic mass is 10.1. The summed E-state index contributed by atoms with van der Waals surface area (Å²) in [7, 11) is 0. The maximum absolute atomic E-state index is 8.84. The van der Waals surface area contributed by atoms with E-state index in [4.69, 9.17) is 5.11 Å². The molecule has 0 amide bonds. The van der Waals surface area contributed by atoms with E-state index in [9.17, 15) is 0 Å².